The van der Waals surface area contributed by atoms with E-state index in [0.29, 0.717) is 5.01 Å². The summed E-state index contributed by atoms with van der Waals surface area (Å²) in [6, 6.07) is 0. The highest BCUT2D eigenvalue weighted by Crippen LogP contribution is 2.19. The number of azide groups is 1. The van der Waals surface area contributed by atoms with Crippen molar-refractivity contribution in [2.75, 3.05) is 6.54 Å². The van der Waals surface area contributed by atoms with Gasteiger partial charge in [-0.25, -0.2) is 4.98 Å². The normalized spacial score (nSPS) is 8.29. The van der Waals surface area contributed by atoms with Gasteiger partial charge < -0.3 is 0 Å². The molecule has 1 rings (SSSR count). The molecule has 0 N–H and O–H groups in total. The van der Waals surface area contributed by atoms with Gasteiger partial charge >= 0.3 is 5.00 Å². The van der Waals surface area contributed by atoms with Gasteiger partial charge in [0, 0.05) is 4.91 Å². The molecule has 0 atom stereocenters. The van der Waals surface area contributed by atoms with E-state index in [0.717, 1.165) is 17.5 Å². The third-order valence-electron chi connectivity index (χ3n) is 1.08. The number of hydrogen-bond donors (Lipinski definition) is 0. The molecule has 0 saturated carbocycles. The fourth-order valence-corrected chi connectivity index (χ4v) is 1.20. The summed E-state index contributed by atoms with van der Waals surface area (Å²) in [5, 5.41) is 13.7. The Hall–Kier alpha value is -2.10. The fraction of sp³-hybridized carbons (Fsp3) is 0.167. The van der Waals surface area contributed by atoms with Gasteiger partial charge in [-0.05, 0) is 22.8 Å². The highest BCUT2D eigenvalue weighted by Gasteiger charge is 2.09. The van der Waals surface area contributed by atoms with Crippen LogP contribution in [0.1, 0.15) is 5.01 Å². The van der Waals surface area contributed by atoms with Gasteiger partial charge in [-0.15, -0.1) is 0 Å². The Morgan fingerprint density at radius 2 is 2.64 bits per heavy atom. The van der Waals surface area contributed by atoms with Crippen molar-refractivity contribution in [3.05, 3.63) is 31.8 Å². The molecule has 70 valence electrons. The van der Waals surface area contributed by atoms with Gasteiger partial charge in [0.05, 0.1) is 11.5 Å². The Bertz CT molecular complexity index is 450. The monoisotopic (exact) mass is 209 g/mol. The number of hydrogen-bond acceptors (Lipinski definition) is 5. The van der Waals surface area contributed by atoms with Crippen LogP contribution in [-0.4, -0.2) is 16.5 Å². The second-order valence-corrected chi connectivity index (χ2v) is 2.96. The average Bonchev–Trinajstić information content (AvgIpc) is 2.61. The van der Waals surface area contributed by atoms with Crippen LogP contribution in [0.15, 0.2) is 11.3 Å². The van der Waals surface area contributed by atoms with Crippen molar-refractivity contribution >= 4 is 16.3 Å². The lowest BCUT2D eigenvalue weighted by Gasteiger charge is -1.77. The molecule has 1 heterocycles. The molecular weight excluding hydrogens is 206 g/mol. The van der Waals surface area contributed by atoms with E-state index in [1.54, 1.807) is 0 Å². The van der Waals surface area contributed by atoms with Crippen molar-refractivity contribution in [2.24, 2.45) is 5.11 Å². The molecule has 0 aliphatic carbocycles. The number of thiazole rings is 1. The van der Waals surface area contributed by atoms with E-state index in [4.69, 9.17) is 5.53 Å². The molecule has 0 radical (unpaired) electrons. The molecule has 1 aromatic rings. The van der Waals surface area contributed by atoms with Crippen LogP contribution in [0.5, 0.6) is 0 Å². The zero-order valence-electron chi connectivity index (χ0n) is 6.75. The van der Waals surface area contributed by atoms with Crippen LogP contribution in [0.3, 0.4) is 0 Å². The highest BCUT2D eigenvalue weighted by molar-refractivity contribution is 7.15. The first-order valence-corrected chi connectivity index (χ1v) is 4.15. The molecule has 1 aromatic heterocycles. The van der Waals surface area contributed by atoms with Crippen LogP contribution < -0.4 is 0 Å². The summed E-state index contributed by atoms with van der Waals surface area (Å²) in [7, 11) is 0. The Labute approximate surface area is 82.2 Å². The summed E-state index contributed by atoms with van der Waals surface area (Å²) >= 11 is 0.880. The fourth-order valence-electron chi connectivity index (χ4n) is 0.590. The summed E-state index contributed by atoms with van der Waals surface area (Å²) in [6.45, 7) is 0.0316. The van der Waals surface area contributed by atoms with Gasteiger partial charge in [0.1, 0.15) is 6.20 Å². The van der Waals surface area contributed by atoms with Crippen LogP contribution in [-0.2, 0) is 0 Å². The molecule has 0 bridgehead atoms. The predicted molar refractivity (Wildman–Crippen MR) is 49.7 cm³/mol. The minimum Gasteiger partial charge on any atom is -0.257 e. The van der Waals surface area contributed by atoms with Crippen LogP contribution in [0.4, 0.5) is 5.00 Å². The van der Waals surface area contributed by atoms with Gasteiger partial charge in [-0.2, -0.15) is 0 Å². The smallest absolute Gasteiger partial charge is 0.257 e. The Morgan fingerprint density at radius 3 is 3.21 bits per heavy atom. The quantitative estimate of drug-likeness (QED) is 0.185. The van der Waals surface area contributed by atoms with Crippen molar-refractivity contribution in [1.29, 1.82) is 0 Å². The Balaban J connectivity index is 2.71. The van der Waals surface area contributed by atoms with E-state index in [2.05, 4.69) is 26.9 Å². The first-order valence-electron chi connectivity index (χ1n) is 3.34. The van der Waals surface area contributed by atoms with Crippen molar-refractivity contribution in [3.8, 4) is 11.8 Å². The Morgan fingerprint density at radius 1 is 1.86 bits per heavy atom. The van der Waals surface area contributed by atoms with Crippen molar-refractivity contribution in [3.63, 3.8) is 0 Å². The number of aromatic nitrogens is 1. The summed E-state index contributed by atoms with van der Waals surface area (Å²) < 4.78 is 0. The second kappa shape index (κ2) is 4.81. The number of rotatable bonds is 2. The molecular formula is C6H3N5O2S. The highest BCUT2D eigenvalue weighted by atomic mass is 32.1. The van der Waals surface area contributed by atoms with E-state index in [-0.39, 0.29) is 11.5 Å². The van der Waals surface area contributed by atoms with Crippen molar-refractivity contribution in [1.82, 2.24) is 4.98 Å². The summed E-state index contributed by atoms with van der Waals surface area (Å²) in [5.41, 5.74) is 7.93. The third kappa shape index (κ3) is 2.75. The zero-order valence-corrected chi connectivity index (χ0v) is 7.56. The minimum absolute atomic E-state index is 0.0316. The van der Waals surface area contributed by atoms with Gasteiger partial charge in [-0.1, -0.05) is 11.0 Å². The molecule has 0 saturated heterocycles. The van der Waals surface area contributed by atoms with Gasteiger partial charge in [0.2, 0.25) is 0 Å². The molecule has 0 aliphatic rings. The van der Waals surface area contributed by atoms with Crippen LogP contribution >= 0.6 is 11.3 Å². The van der Waals surface area contributed by atoms with Gasteiger partial charge in [-0.3, -0.25) is 10.1 Å². The lowest BCUT2D eigenvalue weighted by Crippen LogP contribution is -1.80. The summed E-state index contributed by atoms with van der Waals surface area (Å²) in [4.78, 5) is 15.9. The maximum absolute atomic E-state index is 10.3. The molecule has 0 spiro atoms. The number of nitrogens with zero attached hydrogens (tertiary/aromatic N) is 5. The third-order valence-corrected chi connectivity index (χ3v) is 1.95. The molecule has 8 heteroatoms. The largest absolute Gasteiger partial charge is 0.344 e. The molecule has 0 amide bonds. The first kappa shape index (κ1) is 9.98. The molecule has 14 heavy (non-hydrogen) atoms. The van der Waals surface area contributed by atoms with Gasteiger partial charge in [0.15, 0.2) is 5.01 Å². The lowest BCUT2D eigenvalue weighted by molar-refractivity contribution is -0.380. The van der Waals surface area contributed by atoms with Gasteiger partial charge in [0.25, 0.3) is 0 Å². The first-order chi connectivity index (χ1) is 6.74. The topological polar surface area (TPSA) is 105 Å². The molecule has 0 aliphatic heterocycles. The lowest BCUT2D eigenvalue weighted by atomic mass is 10.6. The molecule has 7 nitrogen and oxygen atoms in total. The van der Waals surface area contributed by atoms with E-state index in [1.165, 1.54) is 0 Å². The minimum atomic E-state index is -0.531. The Kier molecular flexibility index (Phi) is 3.43. The zero-order chi connectivity index (χ0) is 10.4. The van der Waals surface area contributed by atoms with Crippen molar-refractivity contribution in [2.45, 2.75) is 0 Å². The van der Waals surface area contributed by atoms with Crippen LogP contribution in [0.2, 0.25) is 0 Å². The maximum Gasteiger partial charge on any atom is 0.344 e. The maximum atomic E-state index is 10.3. The molecule has 0 aromatic carbocycles. The van der Waals surface area contributed by atoms with Crippen LogP contribution in [0, 0.1) is 22.0 Å². The summed E-state index contributed by atoms with van der Waals surface area (Å²) in [5.74, 6) is 5.05. The number of nitro groups is 1. The van der Waals surface area contributed by atoms with Crippen molar-refractivity contribution < 1.29 is 4.92 Å². The predicted octanol–water partition coefficient (Wildman–Crippen LogP) is 1.71. The second-order valence-electron chi connectivity index (χ2n) is 1.95. The molecule has 0 unspecified atom stereocenters. The molecule has 0 fully saturated rings. The van der Waals surface area contributed by atoms with E-state index < -0.39 is 4.92 Å². The van der Waals surface area contributed by atoms with Crippen LogP contribution in [0.25, 0.3) is 10.4 Å². The van der Waals surface area contributed by atoms with E-state index >= 15 is 0 Å². The standard InChI is InChI=1S/C6H3N5O2S/c7-10-9-3-1-2-5-8-4-6(14-5)11(12)13/h4H,3H2. The SMILES string of the molecule is [N-]=[N+]=NCC#Cc1ncc([N+](=O)[O-])s1. The van der Waals surface area contributed by atoms with E-state index in [1.807, 2.05) is 0 Å². The van der Waals surface area contributed by atoms with E-state index in [9.17, 15) is 10.1 Å². The average molecular weight is 209 g/mol. The summed E-state index contributed by atoms with van der Waals surface area (Å²) in [6.07, 6.45) is 1.14.